The van der Waals surface area contributed by atoms with Crippen molar-refractivity contribution < 1.29 is 5.21 Å². The van der Waals surface area contributed by atoms with E-state index in [1.54, 1.807) is 0 Å². The molecule has 0 aromatic rings. The molecule has 0 aromatic heterocycles. The monoisotopic (exact) mass is 193 g/mol. The summed E-state index contributed by atoms with van der Waals surface area (Å²) in [4.78, 5) is 0. The summed E-state index contributed by atoms with van der Waals surface area (Å²) in [5.41, 5.74) is 1.18. The van der Waals surface area contributed by atoms with Gasteiger partial charge in [-0.1, -0.05) is 18.0 Å². The third-order valence-corrected chi connectivity index (χ3v) is 4.62. The van der Waals surface area contributed by atoms with Gasteiger partial charge in [0.1, 0.15) is 0 Å². The van der Waals surface area contributed by atoms with Crippen molar-refractivity contribution in [3.8, 4) is 0 Å². The van der Waals surface area contributed by atoms with Gasteiger partial charge in [-0.2, -0.15) is 0 Å². The van der Waals surface area contributed by atoms with Crippen molar-refractivity contribution in [1.82, 2.24) is 0 Å². The van der Waals surface area contributed by atoms with E-state index in [0.717, 1.165) is 11.8 Å². The van der Waals surface area contributed by atoms with E-state index in [1.165, 1.54) is 50.7 Å². The molecule has 3 rings (SSSR count). The van der Waals surface area contributed by atoms with Crippen LogP contribution in [0.1, 0.15) is 44.9 Å². The molecule has 0 aliphatic heterocycles. The van der Waals surface area contributed by atoms with Gasteiger partial charge in [0.15, 0.2) is 0 Å². The predicted octanol–water partition coefficient (Wildman–Crippen LogP) is 3.05. The number of rotatable bonds is 0. The highest BCUT2D eigenvalue weighted by molar-refractivity contribution is 5.91. The Bertz CT molecular complexity index is 261. The van der Waals surface area contributed by atoms with Gasteiger partial charge in [0, 0.05) is 11.8 Å². The summed E-state index contributed by atoms with van der Waals surface area (Å²) in [6.45, 7) is 0. The minimum atomic E-state index is 0.645. The van der Waals surface area contributed by atoms with Crippen molar-refractivity contribution in [2.45, 2.75) is 44.9 Å². The smallest absolute Gasteiger partial charge is 0.0638 e. The van der Waals surface area contributed by atoms with Crippen molar-refractivity contribution in [2.24, 2.45) is 28.8 Å². The first-order valence-corrected chi connectivity index (χ1v) is 6.12. The van der Waals surface area contributed by atoms with Crippen molar-refractivity contribution >= 4 is 5.71 Å². The first kappa shape index (κ1) is 8.75. The summed E-state index contributed by atoms with van der Waals surface area (Å²) in [5.74, 6) is 3.05. The Labute approximate surface area is 85.4 Å². The Morgan fingerprint density at radius 3 is 2.57 bits per heavy atom. The fourth-order valence-corrected chi connectivity index (χ4v) is 3.72. The highest BCUT2D eigenvalue weighted by Gasteiger charge is 2.48. The molecule has 3 aliphatic carbocycles. The molecule has 3 saturated carbocycles. The molecule has 0 amide bonds. The maximum absolute atomic E-state index is 9.14. The lowest BCUT2D eigenvalue weighted by Gasteiger charge is -2.30. The van der Waals surface area contributed by atoms with E-state index >= 15 is 0 Å². The fraction of sp³-hybridized carbons (Fsp3) is 0.917. The maximum Gasteiger partial charge on any atom is 0.0638 e. The minimum absolute atomic E-state index is 0.645. The zero-order chi connectivity index (χ0) is 9.54. The number of oxime groups is 1. The number of nitrogens with zero attached hydrogens (tertiary/aromatic N) is 1. The standard InChI is InChI=1S/C12H19NO/c14-13-12-10-4-2-1-3-8(10)5-6-9-7-11(9)12/h8-11,14H,1-7H2/b13-12+/t8-,9-,10+,11+/m1/s1. The average molecular weight is 193 g/mol. The van der Waals surface area contributed by atoms with Crippen LogP contribution in [0.4, 0.5) is 0 Å². The normalized spacial score (nSPS) is 49.3. The highest BCUT2D eigenvalue weighted by atomic mass is 16.4. The molecule has 0 radical (unpaired) electrons. The second-order valence-corrected chi connectivity index (χ2v) is 5.36. The Morgan fingerprint density at radius 2 is 1.71 bits per heavy atom. The molecule has 0 saturated heterocycles. The van der Waals surface area contributed by atoms with Crippen LogP contribution in [0.15, 0.2) is 5.16 Å². The van der Waals surface area contributed by atoms with Crippen molar-refractivity contribution in [1.29, 1.82) is 0 Å². The lowest BCUT2D eigenvalue weighted by Crippen LogP contribution is -2.27. The van der Waals surface area contributed by atoms with Crippen molar-refractivity contribution in [3.63, 3.8) is 0 Å². The van der Waals surface area contributed by atoms with Gasteiger partial charge < -0.3 is 5.21 Å². The summed E-state index contributed by atoms with van der Waals surface area (Å²) in [6.07, 6.45) is 9.50. The van der Waals surface area contributed by atoms with E-state index < -0.39 is 0 Å². The molecular weight excluding hydrogens is 174 g/mol. The van der Waals surface area contributed by atoms with Crippen molar-refractivity contribution in [3.05, 3.63) is 0 Å². The number of hydrogen-bond acceptors (Lipinski definition) is 2. The second-order valence-electron chi connectivity index (χ2n) is 5.36. The van der Waals surface area contributed by atoms with Crippen LogP contribution in [-0.2, 0) is 0 Å². The van der Waals surface area contributed by atoms with Gasteiger partial charge in [0.05, 0.1) is 5.71 Å². The quantitative estimate of drug-likeness (QED) is 0.465. The van der Waals surface area contributed by atoms with Gasteiger partial charge in [0.2, 0.25) is 0 Å². The van der Waals surface area contributed by atoms with E-state index in [9.17, 15) is 0 Å². The molecule has 0 heterocycles. The third-order valence-electron chi connectivity index (χ3n) is 4.62. The molecule has 0 spiro atoms. The van der Waals surface area contributed by atoms with E-state index in [-0.39, 0.29) is 0 Å². The fourth-order valence-electron chi connectivity index (χ4n) is 3.72. The summed E-state index contributed by atoms with van der Waals surface area (Å²) in [5, 5.41) is 12.8. The minimum Gasteiger partial charge on any atom is -0.411 e. The molecule has 0 bridgehead atoms. The molecule has 0 unspecified atom stereocenters. The summed E-state index contributed by atoms with van der Waals surface area (Å²) in [7, 11) is 0. The lowest BCUT2D eigenvalue weighted by atomic mass is 9.75. The van der Waals surface area contributed by atoms with Crippen LogP contribution in [0.25, 0.3) is 0 Å². The van der Waals surface area contributed by atoms with Crippen LogP contribution in [0.3, 0.4) is 0 Å². The van der Waals surface area contributed by atoms with Gasteiger partial charge in [-0.3, -0.25) is 0 Å². The molecule has 0 aromatic carbocycles. The van der Waals surface area contributed by atoms with Gasteiger partial charge in [0.25, 0.3) is 0 Å². The Hall–Kier alpha value is -0.530. The van der Waals surface area contributed by atoms with Gasteiger partial charge in [-0.05, 0) is 43.9 Å². The highest BCUT2D eigenvalue weighted by Crippen LogP contribution is 2.52. The predicted molar refractivity (Wildman–Crippen MR) is 55.5 cm³/mol. The van der Waals surface area contributed by atoms with Gasteiger partial charge >= 0.3 is 0 Å². The Balaban J connectivity index is 1.85. The SMILES string of the molecule is O/N=C1\[C@H]2CCCC[C@@H]2CC[C@@H]2C[C@H]12. The molecule has 1 N–H and O–H groups in total. The second kappa shape index (κ2) is 3.25. The van der Waals surface area contributed by atoms with E-state index in [1.807, 2.05) is 0 Å². The van der Waals surface area contributed by atoms with Crippen LogP contribution in [0.5, 0.6) is 0 Å². The molecule has 78 valence electrons. The van der Waals surface area contributed by atoms with Crippen LogP contribution in [0, 0.1) is 23.7 Å². The van der Waals surface area contributed by atoms with E-state index in [4.69, 9.17) is 5.21 Å². The maximum atomic E-state index is 9.14. The van der Waals surface area contributed by atoms with Crippen LogP contribution >= 0.6 is 0 Å². The van der Waals surface area contributed by atoms with Gasteiger partial charge in [-0.25, -0.2) is 0 Å². The van der Waals surface area contributed by atoms with Crippen LogP contribution in [-0.4, -0.2) is 10.9 Å². The lowest BCUT2D eigenvalue weighted by molar-refractivity contribution is 0.264. The summed E-state index contributed by atoms with van der Waals surface area (Å²) in [6, 6.07) is 0. The first-order chi connectivity index (χ1) is 6.90. The molecule has 3 aliphatic rings. The molecule has 2 heteroatoms. The third kappa shape index (κ3) is 1.27. The van der Waals surface area contributed by atoms with Crippen LogP contribution in [0.2, 0.25) is 0 Å². The zero-order valence-electron chi connectivity index (χ0n) is 8.65. The van der Waals surface area contributed by atoms with E-state index in [0.29, 0.717) is 11.8 Å². The summed E-state index contributed by atoms with van der Waals surface area (Å²) >= 11 is 0. The number of hydrogen-bond donors (Lipinski definition) is 1. The molecule has 2 nitrogen and oxygen atoms in total. The van der Waals surface area contributed by atoms with E-state index in [2.05, 4.69) is 5.16 Å². The molecular formula is C12H19NO. The topological polar surface area (TPSA) is 32.6 Å². The first-order valence-electron chi connectivity index (χ1n) is 6.12. The zero-order valence-corrected chi connectivity index (χ0v) is 8.65. The molecule has 14 heavy (non-hydrogen) atoms. The van der Waals surface area contributed by atoms with Crippen molar-refractivity contribution in [2.75, 3.05) is 0 Å². The molecule has 4 atom stereocenters. The van der Waals surface area contributed by atoms with Gasteiger partial charge in [-0.15, -0.1) is 0 Å². The number of fused-ring (bicyclic) bond motifs is 2. The average Bonchev–Trinajstić information content (AvgIpc) is 2.96. The Morgan fingerprint density at radius 1 is 0.929 bits per heavy atom. The Kier molecular flexibility index (Phi) is 2.03. The largest absolute Gasteiger partial charge is 0.411 e. The summed E-state index contributed by atoms with van der Waals surface area (Å²) < 4.78 is 0. The molecule has 3 fully saturated rings. The van der Waals surface area contributed by atoms with Crippen LogP contribution < -0.4 is 0 Å².